The Bertz CT molecular complexity index is 1420. The molecule has 2 fully saturated rings. The lowest BCUT2D eigenvalue weighted by molar-refractivity contribution is -0.138. The summed E-state index contributed by atoms with van der Waals surface area (Å²) in [4.78, 5) is 16.5. The molecule has 1 aromatic heterocycles. The van der Waals surface area contributed by atoms with Crippen LogP contribution in [0.25, 0.3) is 0 Å². The minimum absolute atomic E-state index is 0.0228. The van der Waals surface area contributed by atoms with E-state index >= 15 is 4.39 Å². The first-order chi connectivity index (χ1) is 18.6. The smallest absolute Gasteiger partial charge is 0.379 e. The van der Waals surface area contributed by atoms with E-state index in [1.165, 1.54) is 21.9 Å². The van der Waals surface area contributed by atoms with Crippen molar-refractivity contribution in [1.82, 2.24) is 19.7 Å². The van der Waals surface area contributed by atoms with Gasteiger partial charge in [-0.2, -0.15) is 13.2 Å². The molecule has 1 amide bonds. The van der Waals surface area contributed by atoms with Gasteiger partial charge in [-0.3, -0.25) is 9.69 Å². The van der Waals surface area contributed by atoms with E-state index in [2.05, 4.69) is 10.2 Å². The summed E-state index contributed by atoms with van der Waals surface area (Å²) in [5.41, 5.74) is -0.833. The highest BCUT2D eigenvalue weighted by atomic mass is 19.4. The fourth-order valence-electron chi connectivity index (χ4n) is 5.74. The molecular formula is C27H26F5N5O2. The zero-order valence-electron chi connectivity index (χ0n) is 21.1. The molecular weight excluding hydrogens is 521 g/mol. The topological polar surface area (TPSA) is 63.5 Å². The number of alkyl halides is 5. The molecule has 0 spiro atoms. The Hall–Kier alpha value is -3.38. The SMILES string of the molecule is Cn1cnnc1[C@H](F)C1(c2cccc(N3Cc4c(cc(CN5CC[C@H](F)C5)cc4C(F)(F)F)C3=O)c2)COC1. The van der Waals surface area contributed by atoms with Gasteiger partial charge < -0.3 is 14.2 Å². The molecule has 2 aromatic carbocycles. The fraction of sp³-hybridized carbons (Fsp3) is 0.444. The van der Waals surface area contributed by atoms with Gasteiger partial charge in [-0.25, -0.2) is 8.78 Å². The standard InChI is InChI=1S/C27H26F5N5O2/c1-35-15-33-34-24(35)23(29)26(13-39-14-26)17-3-2-4-19(9-17)37-12-21-20(25(37)38)7-16(8-22(21)27(30,31)32)10-36-6-5-18(28)11-36/h2-4,7-9,15,18,23H,5-6,10-14H2,1H3/t18-,23-/m0/s1. The van der Waals surface area contributed by atoms with Crippen molar-refractivity contribution in [3.63, 3.8) is 0 Å². The van der Waals surface area contributed by atoms with Crippen LogP contribution in [0.4, 0.5) is 27.6 Å². The molecule has 12 heteroatoms. The van der Waals surface area contributed by atoms with Crippen molar-refractivity contribution in [2.24, 2.45) is 7.05 Å². The lowest BCUT2D eigenvalue weighted by Crippen LogP contribution is -2.50. The molecule has 2 atom stereocenters. The number of carbonyl (C=O) groups is 1. The summed E-state index contributed by atoms with van der Waals surface area (Å²) in [6.07, 6.45) is -5.49. The number of benzene rings is 2. The van der Waals surface area contributed by atoms with E-state index in [-0.39, 0.29) is 49.8 Å². The first-order valence-corrected chi connectivity index (χ1v) is 12.6. The molecule has 0 N–H and O–H groups in total. The normalized spacial score (nSPS) is 21.7. The molecule has 39 heavy (non-hydrogen) atoms. The highest BCUT2D eigenvalue weighted by Crippen LogP contribution is 2.47. The van der Waals surface area contributed by atoms with E-state index in [9.17, 15) is 22.4 Å². The van der Waals surface area contributed by atoms with E-state index in [1.54, 1.807) is 36.2 Å². The van der Waals surface area contributed by atoms with Crippen molar-refractivity contribution in [3.05, 3.63) is 76.4 Å². The third-order valence-electron chi connectivity index (χ3n) is 7.94. The second kappa shape index (κ2) is 9.37. The highest BCUT2D eigenvalue weighted by Gasteiger charge is 2.51. The maximum absolute atomic E-state index is 15.8. The number of ether oxygens (including phenoxy) is 1. The fourth-order valence-corrected chi connectivity index (χ4v) is 5.74. The molecule has 3 aliphatic heterocycles. The third-order valence-corrected chi connectivity index (χ3v) is 7.94. The second-order valence-electron chi connectivity index (χ2n) is 10.5. The number of fused-ring (bicyclic) bond motifs is 1. The summed E-state index contributed by atoms with van der Waals surface area (Å²) >= 11 is 0. The molecule has 6 rings (SSSR count). The lowest BCUT2D eigenvalue weighted by Gasteiger charge is -2.43. The van der Waals surface area contributed by atoms with E-state index in [4.69, 9.17) is 4.74 Å². The Morgan fingerprint density at radius 2 is 2.00 bits per heavy atom. The molecule has 4 heterocycles. The Morgan fingerprint density at radius 1 is 1.21 bits per heavy atom. The van der Waals surface area contributed by atoms with Gasteiger partial charge in [-0.1, -0.05) is 12.1 Å². The number of nitrogens with zero attached hydrogens (tertiary/aromatic N) is 5. The zero-order valence-corrected chi connectivity index (χ0v) is 21.1. The molecule has 3 aromatic rings. The molecule has 0 bridgehead atoms. The van der Waals surface area contributed by atoms with Crippen LogP contribution in [-0.4, -0.2) is 58.0 Å². The largest absolute Gasteiger partial charge is 0.416 e. The number of carbonyl (C=O) groups excluding carboxylic acids is 1. The number of amides is 1. The van der Waals surface area contributed by atoms with Crippen molar-refractivity contribution in [2.75, 3.05) is 31.2 Å². The Morgan fingerprint density at radius 3 is 2.62 bits per heavy atom. The van der Waals surface area contributed by atoms with Crippen LogP contribution >= 0.6 is 0 Å². The number of aromatic nitrogens is 3. The van der Waals surface area contributed by atoms with Crippen LogP contribution in [0.1, 0.15) is 51.0 Å². The van der Waals surface area contributed by atoms with E-state index in [0.717, 1.165) is 6.07 Å². The van der Waals surface area contributed by atoms with Gasteiger partial charge in [0.25, 0.3) is 5.91 Å². The van der Waals surface area contributed by atoms with Gasteiger partial charge in [-0.05, 0) is 47.4 Å². The average molecular weight is 548 g/mol. The lowest BCUT2D eigenvalue weighted by atomic mass is 9.74. The first kappa shape index (κ1) is 25.9. The summed E-state index contributed by atoms with van der Waals surface area (Å²) in [6, 6.07) is 9.17. The summed E-state index contributed by atoms with van der Waals surface area (Å²) in [5, 5.41) is 7.66. The molecule has 0 radical (unpaired) electrons. The number of halogens is 5. The average Bonchev–Trinajstić information content (AvgIpc) is 3.56. The van der Waals surface area contributed by atoms with Gasteiger partial charge in [0.05, 0.1) is 30.7 Å². The summed E-state index contributed by atoms with van der Waals surface area (Å²) in [7, 11) is 1.64. The molecule has 0 unspecified atom stereocenters. The van der Waals surface area contributed by atoms with E-state index < -0.39 is 35.4 Å². The monoisotopic (exact) mass is 547 g/mol. The van der Waals surface area contributed by atoms with Crippen molar-refractivity contribution in [2.45, 2.75) is 43.4 Å². The number of likely N-dealkylation sites (tertiary alicyclic amines) is 1. The quantitative estimate of drug-likeness (QED) is 0.425. The van der Waals surface area contributed by atoms with E-state index in [1.807, 2.05) is 0 Å². The number of rotatable bonds is 6. The maximum atomic E-state index is 15.8. The van der Waals surface area contributed by atoms with Crippen molar-refractivity contribution >= 4 is 11.6 Å². The first-order valence-electron chi connectivity index (χ1n) is 12.6. The van der Waals surface area contributed by atoms with Gasteiger partial charge in [-0.15, -0.1) is 10.2 Å². The van der Waals surface area contributed by atoms with Gasteiger partial charge in [0.15, 0.2) is 12.0 Å². The number of hydrogen-bond acceptors (Lipinski definition) is 5. The molecule has 3 aliphatic rings. The number of anilines is 1. The minimum Gasteiger partial charge on any atom is -0.379 e. The predicted octanol–water partition coefficient (Wildman–Crippen LogP) is 4.52. The second-order valence-corrected chi connectivity index (χ2v) is 10.5. The van der Waals surface area contributed by atoms with Crippen LogP contribution in [-0.2, 0) is 36.5 Å². The highest BCUT2D eigenvalue weighted by molar-refractivity contribution is 6.10. The zero-order chi connectivity index (χ0) is 27.5. The Balaban J connectivity index is 1.33. The Kier molecular flexibility index (Phi) is 6.22. The predicted molar refractivity (Wildman–Crippen MR) is 131 cm³/mol. The van der Waals surface area contributed by atoms with Crippen molar-refractivity contribution < 1.29 is 31.5 Å². The summed E-state index contributed by atoms with van der Waals surface area (Å²) < 4.78 is 78.7. The maximum Gasteiger partial charge on any atom is 0.416 e. The van der Waals surface area contributed by atoms with Crippen molar-refractivity contribution in [1.29, 1.82) is 0 Å². The van der Waals surface area contributed by atoms with Crippen LogP contribution < -0.4 is 4.90 Å². The number of aryl methyl sites for hydroxylation is 1. The third kappa shape index (κ3) is 4.39. The van der Waals surface area contributed by atoms with Gasteiger partial charge in [0.2, 0.25) is 0 Å². The summed E-state index contributed by atoms with van der Waals surface area (Å²) in [6.45, 7) is 0.617. The van der Waals surface area contributed by atoms with Crippen LogP contribution in [0.3, 0.4) is 0 Å². The van der Waals surface area contributed by atoms with Gasteiger partial charge in [0, 0.05) is 37.9 Å². The van der Waals surface area contributed by atoms with Gasteiger partial charge >= 0.3 is 6.18 Å². The van der Waals surface area contributed by atoms with Crippen LogP contribution in [0.5, 0.6) is 0 Å². The molecule has 7 nitrogen and oxygen atoms in total. The minimum atomic E-state index is -4.67. The molecule has 206 valence electrons. The summed E-state index contributed by atoms with van der Waals surface area (Å²) in [5.74, 6) is -0.434. The van der Waals surface area contributed by atoms with Crippen molar-refractivity contribution in [3.8, 4) is 0 Å². The van der Waals surface area contributed by atoms with E-state index in [0.29, 0.717) is 29.8 Å². The molecule has 2 saturated heterocycles. The molecule has 0 aliphatic carbocycles. The van der Waals surface area contributed by atoms with Crippen LogP contribution in [0.2, 0.25) is 0 Å². The Labute approximate surface area is 221 Å². The van der Waals surface area contributed by atoms with Gasteiger partial charge in [0.1, 0.15) is 12.5 Å². The van der Waals surface area contributed by atoms with Crippen LogP contribution in [0.15, 0.2) is 42.7 Å². The van der Waals surface area contributed by atoms with Crippen LogP contribution in [0, 0.1) is 0 Å². The molecule has 0 saturated carbocycles. The number of hydrogen-bond donors (Lipinski definition) is 0.